The summed E-state index contributed by atoms with van der Waals surface area (Å²) in [5.74, 6) is -0.362. The van der Waals surface area contributed by atoms with Gasteiger partial charge in [0.2, 0.25) is 5.91 Å². The number of fused-ring (bicyclic) bond motifs is 1. The van der Waals surface area contributed by atoms with Crippen molar-refractivity contribution in [2.24, 2.45) is 0 Å². The van der Waals surface area contributed by atoms with E-state index in [0.717, 1.165) is 5.56 Å². The monoisotopic (exact) mass is 364 g/mol. The molecule has 3 aromatic rings. The summed E-state index contributed by atoms with van der Waals surface area (Å²) in [7, 11) is 3.25. The number of hydrogen-bond donors (Lipinski definition) is 1. The Balaban J connectivity index is 1.70. The van der Waals surface area contributed by atoms with Gasteiger partial charge in [-0.05, 0) is 29.8 Å². The van der Waals surface area contributed by atoms with Gasteiger partial charge in [-0.2, -0.15) is 0 Å². The molecule has 0 unspecified atom stereocenters. The van der Waals surface area contributed by atoms with Crippen molar-refractivity contribution in [1.82, 2.24) is 19.8 Å². The van der Waals surface area contributed by atoms with Crippen LogP contribution < -0.4 is 10.9 Å². The van der Waals surface area contributed by atoms with Crippen molar-refractivity contribution in [3.8, 4) is 0 Å². The molecule has 0 saturated heterocycles. The lowest BCUT2D eigenvalue weighted by Crippen LogP contribution is -2.33. The van der Waals surface area contributed by atoms with Crippen LogP contribution in [0.1, 0.15) is 15.9 Å². The van der Waals surface area contributed by atoms with Crippen LogP contribution in [0.4, 0.5) is 0 Å². The number of carbonyl (C=O) groups is 2. The minimum atomic E-state index is -0.239. The van der Waals surface area contributed by atoms with Crippen LogP contribution in [0, 0.1) is 0 Å². The summed E-state index contributed by atoms with van der Waals surface area (Å²) in [5, 5.41) is 3.05. The second kappa shape index (κ2) is 7.82. The van der Waals surface area contributed by atoms with Crippen LogP contribution >= 0.6 is 0 Å². The Morgan fingerprint density at radius 3 is 2.52 bits per heavy atom. The van der Waals surface area contributed by atoms with Gasteiger partial charge in [0, 0.05) is 26.2 Å². The molecule has 0 aliphatic heterocycles. The fraction of sp³-hybridized carbons (Fsp3) is 0.200. The van der Waals surface area contributed by atoms with E-state index in [1.54, 1.807) is 56.6 Å². The summed E-state index contributed by atoms with van der Waals surface area (Å²) >= 11 is 0. The largest absolute Gasteiger partial charge is 0.355 e. The zero-order valence-corrected chi connectivity index (χ0v) is 15.2. The molecule has 0 fully saturated rings. The third-order valence-corrected chi connectivity index (χ3v) is 4.33. The maximum Gasteiger partial charge on any atom is 0.261 e. The Labute approximate surface area is 156 Å². The molecule has 1 heterocycles. The fourth-order valence-electron chi connectivity index (χ4n) is 2.75. The van der Waals surface area contributed by atoms with E-state index < -0.39 is 0 Å². The van der Waals surface area contributed by atoms with E-state index >= 15 is 0 Å². The van der Waals surface area contributed by atoms with Crippen LogP contribution in [0.15, 0.2) is 59.7 Å². The van der Waals surface area contributed by atoms with Crippen molar-refractivity contribution in [2.75, 3.05) is 14.1 Å². The summed E-state index contributed by atoms with van der Waals surface area (Å²) in [4.78, 5) is 42.3. The highest BCUT2D eigenvalue weighted by molar-refractivity contribution is 5.93. The second-order valence-corrected chi connectivity index (χ2v) is 6.22. The van der Waals surface area contributed by atoms with Gasteiger partial charge in [-0.3, -0.25) is 19.0 Å². The molecule has 0 aliphatic rings. The molecule has 2 amide bonds. The SMILES string of the molecule is CNC(=O)c1ccc(CN(C)C(=O)Cn2cnc3ccccc3c2=O)cc1. The first-order chi connectivity index (χ1) is 13.0. The van der Waals surface area contributed by atoms with Crippen LogP contribution in [0.25, 0.3) is 10.9 Å². The zero-order chi connectivity index (χ0) is 19.4. The number of nitrogens with one attached hydrogen (secondary N) is 1. The normalized spacial score (nSPS) is 10.6. The number of nitrogens with zero attached hydrogens (tertiary/aromatic N) is 3. The van der Waals surface area contributed by atoms with E-state index in [2.05, 4.69) is 10.3 Å². The third-order valence-electron chi connectivity index (χ3n) is 4.33. The van der Waals surface area contributed by atoms with Gasteiger partial charge in [0.15, 0.2) is 0 Å². The van der Waals surface area contributed by atoms with E-state index in [9.17, 15) is 14.4 Å². The quantitative estimate of drug-likeness (QED) is 0.742. The van der Waals surface area contributed by atoms with Crippen LogP contribution in [-0.4, -0.2) is 40.4 Å². The van der Waals surface area contributed by atoms with E-state index in [1.165, 1.54) is 15.8 Å². The van der Waals surface area contributed by atoms with Crippen molar-refractivity contribution in [3.05, 3.63) is 76.3 Å². The van der Waals surface area contributed by atoms with Gasteiger partial charge in [-0.25, -0.2) is 4.98 Å². The lowest BCUT2D eigenvalue weighted by Gasteiger charge is -2.18. The Kier molecular flexibility index (Phi) is 5.30. The molecule has 7 heteroatoms. The first-order valence-corrected chi connectivity index (χ1v) is 8.49. The molecule has 0 aliphatic carbocycles. The molecular weight excluding hydrogens is 344 g/mol. The number of aromatic nitrogens is 2. The number of rotatable bonds is 5. The maximum atomic E-state index is 12.5. The lowest BCUT2D eigenvalue weighted by molar-refractivity contribution is -0.131. The number of benzene rings is 2. The number of carbonyl (C=O) groups excluding carboxylic acids is 2. The molecule has 0 saturated carbocycles. The topological polar surface area (TPSA) is 84.3 Å². The number of hydrogen-bond acceptors (Lipinski definition) is 4. The Morgan fingerprint density at radius 1 is 1.11 bits per heavy atom. The van der Waals surface area contributed by atoms with Gasteiger partial charge < -0.3 is 10.2 Å². The smallest absolute Gasteiger partial charge is 0.261 e. The van der Waals surface area contributed by atoms with Crippen LogP contribution in [0.2, 0.25) is 0 Å². The molecule has 2 aromatic carbocycles. The minimum Gasteiger partial charge on any atom is -0.355 e. The van der Waals surface area contributed by atoms with Crippen LogP contribution in [0.5, 0.6) is 0 Å². The summed E-state index contributed by atoms with van der Waals surface area (Å²) in [6.45, 7) is 0.298. The Morgan fingerprint density at radius 2 is 1.81 bits per heavy atom. The summed E-state index contributed by atoms with van der Waals surface area (Å²) in [5.41, 5.74) is 1.82. The fourth-order valence-corrected chi connectivity index (χ4v) is 2.75. The summed E-state index contributed by atoms with van der Waals surface area (Å²) < 4.78 is 1.32. The zero-order valence-electron chi connectivity index (χ0n) is 15.2. The lowest BCUT2D eigenvalue weighted by atomic mass is 10.1. The number of para-hydroxylation sites is 1. The molecule has 0 bridgehead atoms. The molecule has 0 spiro atoms. The van der Waals surface area contributed by atoms with Crippen molar-refractivity contribution in [3.63, 3.8) is 0 Å². The predicted octanol–water partition coefficient (Wildman–Crippen LogP) is 1.41. The van der Waals surface area contributed by atoms with Gasteiger partial charge >= 0.3 is 0 Å². The molecule has 0 radical (unpaired) electrons. The highest BCUT2D eigenvalue weighted by Crippen LogP contribution is 2.08. The van der Waals surface area contributed by atoms with Gasteiger partial charge in [0.1, 0.15) is 6.54 Å². The summed E-state index contributed by atoms with van der Waals surface area (Å²) in [6.07, 6.45) is 1.40. The van der Waals surface area contributed by atoms with E-state index in [0.29, 0.717) is 23.0 Å². The minimum absolute atomic E-state index is 0.0799. The highest BCUT2D eigenvalue weighted by atomic mass is 16.2. The van der Waals surface area contributed by atoms with Gasteiger partial charge in [0.05, 0.1) is 17.2 Å². The highest BCUT2D eigenvalue weighted by Gasteiger charge is 2.13. The molecule has 138 valence electrons. The molecule has 1 N–H and O–H groups in total. The van der Waals surface area contributed by atoms with E-state index in [4.69, 9.17) is 0 Å². The second-order valence-electron chi connectivity index (χ2n) is 6.22. The molecule has 7 nitrogen and oxygen atoms in total. The van der Waals surface area contributed by atoms with E-state index in [-0.39, 0.29) is 23.9 Å². The first kappa shape index (κ1) is 18.3. The average Bonchev–Trinajstić information content (AvgIpc) is 2.70. The van der Waals surface area contributed by atoms with Gasteiger partial charge in [0.25, 0.3) is 11.5 Å². The number of likely N-dealkylation sites (N-methyl/N-ethyl adjacent to an activating group) is 1. The van der Waals surface area contributed by atoms with E-state index in [1.807, 2.05) is 6.07 Å². The van der Waals surface area contributed by atoms with Crippen LogP contribution in [0.3, 0.4) is 0 Å². The van der Waals surface area contributed by atoms with Crippen molar-refractivity contribution >= 4 is 22.7 Å². The molecule has 27 heavy (non-hydrogen) atoms. The molecule has 3 rings (SSSR count). The standard InChI is InChI=1S/C20H20N4O3/c1-21-19(26)15-9-7-14(8-10-15)11-23(2)18(25)12-24-13-22-17-6-4-3-5-16(17)20(24)27/h3-10,13H,11-12H2,1-2H3,(H,21,26). The van der Waals surface area contributed by atoms with Gasteiger partial charge in [-0.15, -0.1) is 0 Å². The average molecular weight is 364 g/mol. The van der Waals surface area contributed by atoms with Crippen molar-refractivity contribution in [2.45, 2.75) is 13.1 Å². The molecule has 0 atom stereocenters. The first-order valence-electron chi connectivity index (χ1n) is 8.49. The van der Waals surface area contributed by atoms with Crippen LogP contribution in [-0.2, 0) is 17.9 Å². The van der Waals surface area contributed by atoms with Crippen molar-refractivity contribution < 1.29 is 9.59 Å². The molecular formula is C20H20N4O3. The predicted molar refractivity (Wildman–Crippen MR) is 102 cm³/mol. The van der Waals surface area contributed by atoms with Crippen molar-refractivity contribution in [1.29, 1.82) is 0 Å². The molecule has 1 aromatic heterocycles. The maximum absolute atomic E-state index is 12.5. The third kappa shape index (κ3) is 4.03. The van der Waals surface area contributed by atoms with Gasteiger partial charge in [-0.1, -0.05) is 24.3 Å². The Hall–Kier alpha value is -3.48. The summed E-state index contributed by atoms with van der Waals surface area (Å²) in [6, 6.07) is 14.1. The Bertz CT molecular complexity index is 1040. The number of amides is 2.